The van der Waals surface area contributed by atoms with Gasteiger partial charge in [0, 0.05) is 10.0 Å². The Labute approximate surface area is 126 Å². The van der Waals surface area contributed by atoms with Crippen LogP contribution in [0.4, 0.5) is 5.69 Å². The lowest BCUT2D eigenvalue weighted by molar-refractivity contribution is 0.0961. The van der Waals surface area contributed by atoms with Gasteiger partial charge < -0.3 is 9.64 Å². The fourth-order valence-corrected chi connectivity index (χ4v) is 2.59. The number of para-hydroxylation sites is 2. The number of hydrogen-bond donors (Lipinski definition) is 0. The molecule has 0 saturated heterocycles. The summed E-state index contributed by atoms with van der Waals surface area (Å²) in [5.41, 5.74) is 1.51. The van der Waals surface area contributed by atoms with Gasteiger partial charge >= 0.3 is 0 Å². The number of rotatable bonds is 1. The van der Waals surface area contributed by atoms with Crippen LogP contribution in [0.2, 0.25) is 0 Å². The number of nitrogens with zero attached hydrogens (tertiary/aromatic N) is 1. The van der Waals surface area contributed by atoms with E-state index in [9.17, 15) is 4.79 Å². The number of halogens is 1. The van der Waals surface area contributed by atoms with Gasteiger partial charge in [0.15, 0.2) is 0 Å². The number of hydrogen-bond acceptors (Lipinski definition) is 2. The minimum Gasteiger partial charge on any atom is -0.487 e. The molecule has 0 aromatic heterocycles. The first-order valence-electron chi connectivity index (χ1n) is 6.48. The molecule has 0 bridgehead atoms. The Morgan fingerprint density at radius 2 is 1.90 bits per heavy atom. The molecule has 0 radical (unpaired) electrons. The molecule has 1 amide bonds. The van der Waals surface area contributed by atoms with Crippen LogP contribution < -0.4 is 9.64 Å². The Morgan fingerprint density at radius 1 is 1.20 bits per heavy atom. The molecule has 0 spiro atoms. The van der Waals surface area contributed by atoms with Gasteiger partial charge in [-0.3, -0.25) is 4.79 Å². The summed E-state index contributed by atoms with van der Waals surface area (Å²) >= 11 is 3.38. The van der Waals surface area contributed by atoms with Gasteiger partial charge in [-0.1, -0.05) is 28.1 Å². The van der Waals surface area contributed by atoms with Gasteiger partial charge in [-0.15, -0.1) is 0 Å². The van der Waals surface area contributed by atoms with E-state index in [0.717, 1.165) is 15.9 Å². The van der Waals surface area contributed by atoms with E-state index >= 15 is 0 Å². The highest BCUT2D eigenvalue weighted by atomic mass is 79.9. The molecule has 3 nitrogen and oxygen atoms in total. The van der Waals surface area contributed by atoms with Crippen molar-refractivity contribution in [2.24, 2.45) is 0 Å². The molecule has 3 rings (SSSR count). The molecule has 1 aliphatic rings. The normalized spacial score (nSPS) is 17.3. The Kier molecular flexibility index (Phi) is 3.49. The molecule has 1 unspecified atom stereocenters. The summed E-state index contributed by atoms with van der Waals surface area (Å²) < 4.78 is 6.73. The number of carbonyl (C=O) groups is 1. The van der Waals surface area contributed by atoms with E-state index in [4.69, 9.17) is 4.74 Å². The smallest absolute Gasteiger partial charge is 0.258 e. The highest BCUT2D eigenvalue weighted by Crippen LogP contribution is 2.33. The average molecular weight is 332 g/mol. The van der Waals surface area contributed by atoms with E-state index in [1.54, 1.807) is 4.90 Å². The molecule has 1 aliphatic heterocycles. The maximum atomic E-state index is 12.7. The Morgan fingerprint density at radius 3 is 2.65 bits per heavy atom. The minimum absolute atomic E-state index is 0.0000926. The second kappa shape index (κ2) is 5.29. The number of anilines is 1. The first kappa shape index (κ1) is 13.2. The second-order valence-corrected chi connectivity index (χ2v) is 5.73. The van der Waals surface area contributed by atoms with E-state index in [0.29, 0.717) is 12.1 Å². The van der Waals surface area contributed by atoms with Crippen molar-refractivity contribution < 1.29 is 9.53 Å². The van der Waals surface area contributed by atoms with E-state index < -0.39 is 0 Å². The molecular formula is C16H14BrNO2. The fraction of sp³-hybridized carbons (Fsp3) is 0.188. The predicted octanol–water partition coefficient (Wildman–Crippen LogP) is 3.88. The zero-order chi connectivity index (χ0) is 14.1. The molecule has 20 heavy (non-hydrogen) atoms. The van der Waals surface area contributed by atoms with Crippen molar-refractivity contribution in [1.82, 2.24) is 0 Å². The summed E-state index contributed by atoms with van der Waals surface area (Å²) in [6.45, 7) is 2.53. The summed E-state index contributed by atoms with van der Waals surface area (Å²) in [7, 11) is 0. The largest absolute Gasteiger partial charge is 0.487 e. The predicted molar refractivity (Wildman–Crippen MR) is 82.4 cm³/mol. The summed E-state index contributed by atoms with van der Waals surface area (Å²) in [5.74, 6) is 0.761. The van der Waals surface area contributed by atoms with Crippen LogP contribution in [0.1, 0.15) is 17.3 Å². The van der Waals surface area contributed by atoms with Crippen molar-refractivity contribution in [2.45, 2.75) is 13.0 Å². The summed E-state index contributed by atoms with van der Waals surface area (Å²) in [6, 6.07) is 15.1. The number of amides is 1. The topological polar surface area (TPSA) is 29.5 Å². The summed E-state index contributed by atoms with van der Waals surface area (Å²) in [6.07, 6.45) is -0.00991. The van der Waals surface area contributed by atoms with Crippen LogP contribution in [0.15, 0.2) is 53.0 Å². The third-order valence-corrected chi connectivity index (χ3v) is 3.79. The van der Waals surface area contributed by atoms with Gasteiger partial charge in [-0.2, -0.15) is 0 Å². The van der Waals surface area contributed by atoms with Crippen LogP contribution in [-0.2, 0) is 0 Å². The van der Waals surface area contributed by atoms with E-state index in [-0.39, 0.29) is 12.0 Å². The highest BCUT2D eigenvalue weighted by molar-refractivity contribution is 9.10. The number of carbonyl (C=O) groups excluding carboxylic acids is 1. The molecule has 0 saturated carbocycles. The molecule has 4 heteroatoms. The molecule has 102 valence electrons. The zero-order valence-electron chi connectivity index (χ0n) is 11.0. The minimum atomic E-state index is -0.00991. The van der Waals surface area contributed by atoms with Crippen LogP contribution in [0.25, 0.3) is 0 Å². The molecular weight excluding hydrogens is 318 g/mol. The van der Waals surface area contributed by atoms with Gasteiger partial charge in [-0.05, 0) is 43.3 Å². The van der Waals surface area contributed by atoms with Gasteiger partial charge in [-0.25, -0.2) is 0 Å². The Balaban J connectivity index is 1.97. The molecule has 1 heterocycles. The maximum absolute atomic E-state index is 12.7. The second-order valence-electron chi connectivity index (χ2n) is 4.82. The van der Waals surface area contributed by atoms with Crippen molar-refractivity contribution in [3.63, 3.8) is 0 Å². The third kappa shape index (κ3) is 2.43. The molecule has 2 aromatic rings. The van der Waals surface area contributed by atoms with E-state index in [1.807, 2.05) is 55.5 Å². The first-order valence-corrected chi connectivity index (χ1v) is 7.27. The zero-order valence-corrected chi connectivity index (χ0v) is 12.6. The Bertz CT molecular complexity index is 639. The van der Waals surface area contributed by atoms with Gasteiger partial charge in [0.2, 0.25) is 0 Å². The standard InChI is InChI=1S/C16H14BrNO2/c1-11-10-18(14-4-2-3-5-15(14)20-11)16(19)12-6-8-13(17)9-7-12/h2-9,11H,10H2,1H3. The van der Waals surface area contributed by atoms with Crippen LogP contribution in [-0.4, -0.2) is 18.6 Å². The van der Waals surface area contributed by atoms with Gasteiger partial charge in [0.05, 0.1) is 12.2 Å². The highest BCUT2D eigenvalue weighted by Gasteiger charge is 2.27. The van der Waals surface area contributed by atoms with E-state index in [2.05, 4.69) is 15.9 Å². The van der Waals surface area contributed by atoms with Crippen molar-refractivity contribution in [1.29, 1.82) is 0 Å². The number of fused-ring (bicyclic) bond motifs is 1. The third-order valence-electron chi connectivity index (χ3n) is 3.26. The van der Waals surface area contributed by atoms with Crippen molar-refractivity contribution in [3.8, 4) is 5.75 Å². The van der Waals surface area contributed by atoms with Crippen molar-refractivity contribution in [2.75, 3.05) is 11.4 Å². The SMILES string of the molecule is CC1CN(C(=O)c2ccc(Br)cc2)c2ccccc2O1. The lowest BCUT2D eigenvalue weighted by Crippen LogP contribution is -2.42. The van der Waals surface area contributed by atoms with Crippen LogP contribution >= 0.6 is 15.9 Å². The molecule has 0 aliphatic carbocycles. The maximum Gasteiger partial charge on any atom is 0.258 e. The lowest BCUT2D eigenvalue weighted by atomic mass is 10.1. The quantitative estimate of drug-likeness (QED) is 0.793. The number of ether oxygens (including phenoxy) is 1. The van der Waals surface area contributed by atoms with Crippen LogP contribution in [0.5, 0.6) is 5.75 Å². The molecule has 1 atom stereocenters. The monoisotopic (exact) mass is 331 g/mol. The Hall–Kier alpha value is -1.81. The molecule has 2 aromatic carbocycles. The van der Waals surface area contributed by atoms with Crippen molar-refractivity contribution in [3.05, 3.63) is 58.6 Å². The van der Waals surface area contributed by atoms with Gasteiger partial charge in [0.1, 0.15) is 11.9 Å². The lowest BCUT2D eigenvalue weighted by Gasteiger charge is -2.33. The van der Waals surface area contributed by atoms with Crippen LogP contribution in [0, 0.1) is 0 Å². The molecule has 0 fully saturated rings. The average Bonchev–Trinajstić information content (AvgIpc) is 2.46. The molecule has 0 N–H and O–H groups in total. The fourth-order valence-electron chi connectivity index (χ4n) is 2.33. The summed E-state index contributed by atoms with van der Waals surface area (Å²) in [5, 5.41) is 0. The first-order chi connectivity index (χ1) is 9.65. The van der Waals surface area contributed by atoms with Crippen LogP contribution in [0.3, 0.4) is 0 Å². The van der Waals surface area contributed by atoms with E-state index in [1.165, 1.54) is 0 Å². The van der Waals surface area contributed by atoms with Crippen molar-refractivity contribution >= 4 is 27.5 Å². The van der Waals surface area contributed by atoms with Gasteiger partial charge in [0.25, 0.3) is 5.91 Å². The summed E-state index contributed by atoms with van der Waals surface area (Å²) in [4.78, 5) is 14.5. The number of benzene rings is 2.